The number of rotatable bonds is 25. The van der Waals surface area contributed by atoms with Gasteiger partial charge in [0, 0.05) is 54.4 Å². The average molecular weight is 1470 g/mol. The first kappa shape index (κ1) is 118. The Morgan fingerprint density at radius 3 is 1.01 bits per heavy atom. The second-order valence-electron chi connectivity index (χ2n) is 28.0. The molecule has 0 aromatic rings. The molecule has 10 atom stereocenters. The maximum absolute atomic E-state index is 5.42. The Balaban J connectivity index is -0.000000104. The molecule has 0 aromatic carbocycles. The van der Waals surface area contributed by atoms with Gasteiger partial charge in [0.2, 0.25) is 0 Å². The van der Waals surface area contributed by atoms with E-state index in [2.05, 4.69) is 251 Å². The minimum Gasteiger partial charge on any atom is -0.385 e. The van der Waals surface area contributed by atoms with E-state index < -0.39 is 0 Å². The number of hydrogen-bond donors (Lipinski definition) is 0. The van der Waals surface area contributed by atoms with Gasteiger partial charge in [-0.05, 0) is 287 Å². The molecule has 5 saturated heterocycles. The van der Waals surface area contributed by atoms with Crippen LogP contribution in [0.1, 0.15) is 276 Å². The summed E-state index contributed by atoms with van der Waals surface area (Å²) >= 11 is 9.93. The van der Waals surface area contributed by atoms with Crippen molar-refractivity contribution in [2.24, 2.45) is 41.4 Å². The fraction of sp³-hybridized carbons (Fsp3) is 1.00. The highest BCUT2D eigenvalue weighted by Gasteiger charge is 2.27. The van der Waals surface area contributed by atoms with Crippen LogP contribution in [0.25, 0.3) is 0 Å². The Bertz CT molecular complexity index is 1180. The normalized spacial score (nSPS) is 20.9. The monoisotopic (exact) mass is 1470 g/mol. The highest BCUT2D eigenvalue weighted by atomic mass is 32.2. The molecule has 0 saturated carbocycles. The fourth-order valence-corrected chi connectivity index (χ4v) is 10.8. The molecule has 0 amide bonds. The van der Waals surface area contributed by atoms with Crippen molar-refractivity contribution in [1.82, 2.24) is 14.7 Å². The number of epoxide rings is 1. The van der Waals surface area contributed by atoms with Gasteiger partial charge < -0.3 is 47.9 Å². The van der Waals surface area contributed by atoms with Crippen molar-refractivity contribution in [3.63, 3.8) is 0 Å². The largest absolute Gasteiger partial charge is 0.385 e. The summed E-state index contributed by atoms with van der Waals surface area (Å²) < 4.78 is 35.1. The maximum atomic E-state index is 5.42. The van der Waals surface area contributed by atoms with Gasteiger partial charge in [0.15, 0.2) is 0 Å². The van der Waals surface area contributed by atoms with Gasteiger partial charge in [0.05, 0.1) is 36.6 Å². The van der Waals surface area contributed by atoms with Gasteiger partial charge in [-0.1, -0.05) is 151 Å². The number of nitrogens with zero attached hydrogens (tertiary/aromatic N) is 3. The average Bonchev–Trinajstić information content (AvgIpc) is 1.99. The van der Waals surface area contributed by atoms with E-state index in [0.29, 0.717) is 42.5 Å². The van der Waals surface area contributed by atoms with Gasteiger partial charge >= 0.3 is 0 Å². The number of unbranched alkanes of at least 4 members (excludes halogenated alkanes) is 1. The molecule has 5 aliphatic heterocycles. The predicted molar refractivity (Wildman–Crippen MR) is 457 cm³/mol. The highest BCUT2D eigenvalue weighted by Crippen LogP contribution is 2.20. The van der Waals surface area contributed by atoms with Crippen LogP contribution < -0.4 is 0 Å². The molecule has 96 heavy (non-hydrogen) atoms. The second kappa shape index (κ2) is 101. The van der Waals surface area contributed by atoms with Gasteiger partial charge in [0.25, 0.3) is 0 Å². The highest BCUT2D eigenvalue weighted by molar-refractivity contribution is 7.99. The zero-order valence-electron chi connectivity index (χ0n) is 72.4. The number of methoxy groups -OCH3 is 3. The molecule has 10 nitrogen and oxygen atoms in total. The molecular formula is C81H185N3O7S5. The Morgan fingerprint density at radius 1 is 0.448 bits per heavy atom. The van der Waals surface area contributed by atoms with Gasteiger partial charge in [-0.25, -0.2) is 0 Å². The van der Waals surface area contributed by atoms with Crippen molar-refractivity contribution in [1.29, 1.82) is 0 Å². The molecule has 5 aliphatic rings. The van der Waals surface area contributed by atoms with Crippen LogP contribution in [0.3, 0.4) is 0 Å². The third kappa shape index (κ3) is 138. The Labute approximate surface area is 631 Å². The SMILES string of the molecule is CC(C)CN(C)C.CC1CC(C)O1.CC1CCC(C)COC1.CC1CCC(C)O1.CC1CCN(C)CC1.CC1OC1C.CCC(C)COC.CCCCSCCC.CCCSCC.CCCSCCC.CCN(C)C.CCOC.CCSCC(C)CC.COCC(C)C.CSC. The van der Waals surface area contributed by atoms with Crippen LogP contribution in [0.2, 0.25) is 0 Å². The molecule has 0 radical (unpaired) electrons. The Kier molecular flexibility index (Phi) is 124. The van der Waals surface area contributed by atoms with E-state index in [9.17, 15) is 0 Å². The summed E-state index contributed by atoms with van der Waals surface area (Å²) in [5, 5.41) is 0. The molecule has 5 fully saturated rings. The predicted octanol–water partition coefficient (Wildman–Crippen LogP) is 23.7. The van der Waals surface area contributed by atoms with Gasteiger partial charge in [-0.3, -0.25) is 0 Å². The molecule has 0 aromatic heterocycles. The van der Waals surface area contributed by atoms with E-state index in [1.807, 2.05) is 43.0 Å². The lowest BCUT2D eigenvalue weighted by atomic mass is 10.00. The van der Waals surface area contributed by atoms with E-state index in [0.717, 1.165) is 75.1 Å². The number of hydrogen-bond acceptors (Lipinski definition) is 15. The maximum Gasteiger partial charge on any atom is 0.0811 e. The van der Waals surface area contributed by atoms with E-state index in [1.54, 1.807) is 33.1 Å². The lowest BCUT2D eigenvalue weighted by Crippen LogP contribution is -2.31. The third-order valence-electron chi connectivity index (χ3n) is 14.4. The van der Waals surface area contributed by atoms with Crippen LogP contribution in [0.15, 0.2) is 0 Å². The van der Waals surface area contributed by atoms with Crippen LogP contribution in [0.5, 0.6) is 0 Å². The molecular weight excluding hydrogens is 1290 g/mol. The summed E-state index contributed by atoms with van der Waals surface area (Å²) in [5.74, 6) is 16.3. The van der Waals surface area contributed by atoms with Crippen LogP contribution in [-0.4, -0.2) is 226 Å². The zero-order chi connectivity index (χ0) is 76.4. The van der Waals surface area contributed by atoms with Gasteiger partial charge in [-0.2, -0.15) is 58.8 Å². The topological polar surface area (TPSA) is 77.6 Å². The van der Waals surface area contributed by atoms with Crippen molar-refractivity contribution >= 4 is 58.8 Å². The lowest BCUT2D eigenvalue weighted by Gasteiger charge is -2.30. The van der Waals surface area contributed by atoms with Crippen LogP contribution >= 0.6 is 58.8 Å². The van der Waals surface area contributed by atoms with Gasteiger partial charge in [0.1, 0.15) is 0 Å². The number of thioether (sulfide) groups is 5. The summed E-state index contributed by atoms with van der Waals surface area (Å²) in [6.45, 7) is 66.2. The first-order valence-electron chi connectivity index (χ1n) is 39.0. The summed E-state index contributed by atoms with van der Waals surface area (Å²) in [6, 6.07) is 0. The smallest absolute Gasteiger partial charge is 0.0811 e. The molecule has 5 heterocycles. The molecule has 0 aliphatic carbocycles. The summed E-state index contributed by atoms with van der Waals surface area (Å²) in [6.07, 6.45) is 27.1. The van der Waals surface area contributed by atoms with E-state index in [-0.39, 0.29) is 0 Å². The second-order valence-corrected chi connectivity index (χ2v) is 34.0. The van der Waals surface area contributed by atoms with Crippen molar-refractivity contribution in [2.75, 3.05) is 174 Å². The molecule has 596 valence electrons. The summed E-state index contributed by atoms with van der Waals surface area (Å²) in [7, 11) is 15.7. The fourth-order valence-electron chi connectivity index (χ4n) is 7.57. The van der Waals surface area contributed by atoms with Crippen molar-refractivity contribution < 1.29 is 33.2 Å². The number of likely N-dealkylation sites (tertiary alicyclic amines) is 1. The van der Waals surface area contributed by atoms with E-state index >= 15 is 0 Å². The van der Waals surface area contributed by atoms with Crippen molar-refractivity contribution in [3.05, 3.63) is 0 Å². The van der Waals surface area contributed by atoms with E-state index in [1.165, 1.54) is 162 Å². The molecule has 10 unspecified atom stereocenters. The minimum atomic E-state index is 0.523. The number of piperidine rings is 1. The van der Waals surface area contributed by atoms with Crippen molar-refractivity contribution in [2.45, 2.75) is 313 Å². The first-order valence-corrected chi connectivity index (χ1v) is 45.3. The molecule has 5 rings (SSSR count). The lowest BCUT2D eigenvalue weighted by molar-refractivity contribution is -0.102. The number of ether oxygens (including phenoxy) is 7. The molecule has 0 N–H and O–H groups in total. The standard InChI is InChI=1S/C8H16O.C7H15N.2C7H16S.C6H15N.C6H12O.C6H14O.C6H14S.C5H10O.C5H12O.C5H12S.C4H11N.C4H8O.C3H8O.C2H6S/c1-7-3-4-8(2)6-9-5-7;1-7-3-5-8(2)6-4-7;1-4-7(3)6-8-5-2;1-3-5-7-8-6-4-2;1-6(2)5-7(3)4;1-5-3-4-6(2)7-5;1-4-6(2)5-7-3;1-3-5-7-6-4-2;1-4-3-5(2)6-4;1-5(2)4-6-3;1-3-5-6-4-2;1-4-5(2)3;1-3-4(2)5-3;1-3-4-2;1-3-2/h7-8H,3-6H2,1-2H3;7H,3-6H2,1-2H3;7H,4-6H2,1-3H3;3-7H2,1-2H3;6H,5H2,1-4H3;5-6H,3-4H2,1-2H3;6H,4-5H2,1-3H3;3-6H2,1-2H3;4-5H,3H2,1-2H3;5H,4H2,1-3H3;3-5H2,1-2H3;4H2,1-3H3;3-4H,1-2H3;3H2,1-2H3;1-2H3. The first-order chi connectivity index (χ1) is 45.3. The van der Waals surface area contributed by atoms with E-state index in [4.69, 9.17) is 28.4 Å². The third-order valence-corrected chi connectivity index (χ3v) is 19.4. The zero-order valence-corrected chi connectivity index (χ0v) is 76.5. The Hall–Kier alpha value is 1.35. The summed E-state index contributed by atoms with van der Waals surface area (Å²) in [4.78, 5) is 6.73. The molecule has 15 heteroatoms. The quantitative estimate of drug-likeness (QED) is 0.0642. The van der Waals surface area contributed by atoms with Crippen molar-refractivity contribution in [3.8, 4) is 0 Å². The van der Waals surface area contributed by atoms with Crippen LogP contribution in [-0.2, 0) is 33.2 Å². The molecule has 0 bridgehead atoms. The minimum absolute atomic E-state index is 0.523. The Morgan fingerprint density at radius 2 is 0.823 bits per heavy atom. The van der Waals surface area contributed by atoms with Crippen LogP contribution in [0, 0.1) is 41.4 Å². The van der Waals surface area contributed by atoms with Gasteiger partial charge in [-0.15, -0.1) is 0 Å². The summed E-state index contributed by atoms with van der Waals surface area (Å²) in [5.41, 5.74) is 0. The molecule has 0 spiro atoms. The van der Waals surface area contributed by atoms with Crippen LogP contribution in [0.4, 0.5) is 0 Å².